The van der Waals surface area contributed by atoms with Crippen molar-refractivity contribution in [3.05, 3.63) is 40.4 Å². The van der Waals surface area contributed by atoms with Gasteiger partial charge in [0.05, 0.1) is 0 Å². The molecule has 0 aliphatic rings. The van der Waals surface area contributed by atoms with Crippen molar-refractivity contribution in [1.82, 2.24) is 5.32 Å². The standard InChI is InChI=1S/C12H14ClNO/c1-9-5-6-12(13)11(8-9)4-3-7-14-10(2)15/h3-6,8H,7H2,1-2H3,(H,14,15). The van der Waals surface area contributed by atoms with Gasteiger partial charge in [0.1, 0.15) is 0 Å². The van der Waals surface area contributed by atoms with Crippen molar-refractivity contribution < 1.29 is 4.79 Å². The van der Waals surface area contributed by atoms with Crippen LogP contribution in [0.25, 0.3) is 6.08 Å². The SMILES string of the molecule is CC(=O)NCC=Cc1cc(C)ccc1Cl. The van der Waals surface area contributed by atoms with E-state index in [4.69, 9.17) is 11.6 Å². The molecular weight excluding hydrogens is 210 g/mol. The summed E-state index contributed by atoms with van der Waals surface area (Å²) in [5.41, 5.74) is 2.14. The molecule has 0 saturated carbocycles. The first-order valence-corrected chi connectivity index (χ1v) is 5.14. The minimum absolute atomic E-state index is 0.0324. The van der Waals surface area contributed by atoms with E-state index < -0.39 is 0 Å². The molecule has 0 saturated heterocycles. The molecule has 0 aliphatic heterocycles. The fourth-order valence-electron chi connectivity index (χ4n) is 1.18. The van der Waals surface area contributed by atoms with Crippen LogP contribution in [-0.2, 0) is 4.79 Å². The van der Waals surface area contributed by atoms with Crippen LogP contribution in [0.1, 0.15) is 18.1 Å². The van der Waals surface area contributed by atoms with E-state index in [2.05, 4.69) is 5.32 Å². The van der Waals surface area contributed by atoms with E-state index in [1.807, 2.05) is 37.3 Å². The largest absolute Gasteiger partial charge is 0.353 e. The van der Waals surface area contributed by atoms with Crippen LogP contribution in [0.5, 0.6) is 0 Å². The molecule has 1 aromatic rings. The molecular formula is C12H14ClNO. The molecule has 1 N–H and O–H groups in total. The van der Waals surface area contributed by atoms with Crippen molar-refractivity contribution >= 4 is 23.6 Å². The summed E-state index contributed by atoms with van der Waals surface area (Å²) in [5.74, 6) is -0.0324. The molecule has 0 radical (unpaired) electrons. The molecule has 0 aliphatic carbocycles. The van der Waals surface area contributed by atoms with Crippen LogP contribution in [-0.4, -0.2) is 12.5 Å². The lowest BCUT2D eigenvalue weighted by atomic mass is 10.1. The van der Waals surface area contributed by atoms with Crippen molar-refractivity contribution in [2.75, 3.05) is 6.54 Å². The van der Waals surface area contributed by atoms with Gasteiger partial charge >= 0.3 is 0 Å². The van der Waals surface area contributed by atoms with E-state index in [0.29, 0.717) is 6.54 Å². The minimum Gasteiger partial charge on any atom is -0.353 e. The third-order valence-corrected chi connectivity index (χ3v) is 2.26. The molecule has 3 heteroatoms. The van der Waals surface area contributed by atoms with Gasteiger partial charge in [-0.25, -0.2) is 0 Å². The van der Waals surface area contributed by atoms with Crippen LogP contribution < -0.4 is 5.32 Å². The van der Waals surface area contributed by atoms with Gasteiger partial charge in [-0.15, -0.1) is 0 Å². The first kappa shape index (κ1) is 11.8. The van der Waals surface area contributed by atoms with Gasteiger partial charge < -0.3 is 5.32 Å². The van der Waals surface area contributed by atoms with E-state index in [1.54, 1.807) is 0 Å². The summed E-state index contributed by atoms with van der Waals surface area (Å²) in [6, 6.07) is 5.84. The third-order valence-electron chi connectivity index (χ3n) is 1.92. The predicted molar refractivity (Wildman–Crippen MR) is 63.9 cm³/mol. The van der Waals surface area contributed by atoms with Gasteiger partial charge in [-0.1, -0.05) is 41.4 Å². The first-order chi connectivity index (χ1) is 7.09. The Bertz CT molecular complexity index is 385. The van der Waals surface area contributed by atoms with E-state index in [0.717, 1.165) is 10.6 Å². The third kappa shape index (κ3) is 4.17. The maximum absolute atomic E-state index is 10.6. The molecule has 0 aromatic heterocycles. The second-order valence-electron chi connectivity index (χ2n) is 3.36. The molecule has 2 nitrogen and oxygen atoms in total. The van der Waals surface area contributed by atoms with Gasteiger partial charge in [-0.2, -0.15) is 0 Å². The maximum Gasteiger partial charge on any atom is 0.217 e. The molecule has 0 fully saturated rings. The Balaban J connectivity index is 2.63. The van der Waals surface area contributed by atoms with Crippen molar-refractivity contribution in [2.45, 2.75) is 13.8 Å². The average Bonchev–Trinajstić information content (AvgIpc) is 2.17. The van der Waals surface area contributed by atoms with Gasteiger partial charge in [0, 0.05) is 18.5 Å². The van der Waals surface area contributed by atoms with Crippen LogP contribution >= 0.6 is 11.6 Å². The monoisotopic (exact) mass is 223 g/mol. The lowest BCUT2D eigenvalue weighted by molar-refractivity contribution is -0.118. The van der Waals surface area contributed by atoms with Gasteiger partial charge in [0.25, 0.3) is 0 Å². The quantitative estimate of drug-likeness (QED) is 0.839. The fraction of sp³-hybridized carbons (Fsp3) is 0.250. The molecule has 0 bridgehead atoms. The highest BCUT2D eigenvalue weighted by atomic mass is 35.5. The highest BCUT2D eigenvalue weighted by molar-refractivity contribution is 6.32. The molecule has 1 aromatic carbocycles. The number of rotatable bonds is 3. The first-order valence-electron chi connectivity index (χ1n) is 4.76. The molecule has 0 heterocycles. The summed E-state index contributed by atoms with van der Waals surface area (Å²) in [4.78, 5) is 10.6. The Morgan fingerprint density at radius 1 is 1.53 bits per heavy atom. The Morgan fingerprint density at radius 3 is 2.93 bits per heavy atom. The summed E-state index contributed by atoms with van der Waals surface area (Å²) < 4.78 is 0. The zero-order chi connectivity index (χ0) is 11.3. The highest BCUT2D eigenvalue weighted by Crippen LogP contribution is 2.18. The van der Waals surface area contributed by atoms with Gasteiger partial charge in [-0.3, -0.25) is 4.79 Å². The lowest BCUT2D eigenvalue weighted by Crippen LogP contribution is -2.19. The van der Waals surface area contributed by atoms with Crippen molar-refractivity contribution in [1.29, 1.82) is 0 Å². The summed E-state index contributed by atoms with van der Waals surface area (Å²) >= 11 is 6.00. The van der Waals surface area contributed by atoms with E-state index in [9.17, 15) is 4.79 Å². The van der Waals surface area contributed by atoms with Crippen LogP contribution in [0.15, 0.2) is 24.3 Å². The van der Waals surface area contributed by atoms with Gasteiger partial charge in [-0.05, 0) is 18.6 Å². The summed E-state index contributed by atoms with van der Waals surface area (Å²) in [5, 5.41) is 3.40. The number of carbonyl (C=O) groups excluding carboxylic acids is 1. The molecule has 80 valence electrons. The zero-order valence-electron chi connectivity index (χ0n) is 8.88. The number of carbonyl (C=O) groups is 1. The van der Waals surface area contributed by atoms with Gasteiger partial charge in [0.2, 0.25) is 5.91 Å². The van der Waals surface area contributed by atoms with E-state index in [-0.39, 0.29) is 5.91 Å². The number of aryl methyl sites for hydroxylation is 1. The lowest BCUT2D eigenvalue weighted by Gasteiger charge is -2.00. The normalized spacial score (nSPS) is 10.6. The topological polar surface area (TPSA) is 29.1 Å². The number of hydrogen-bond donors (Lipinski definition) is 1. The Hall–Kier alpha value is -1.28. The minimum atomic E-state index is -0.0324. The number of halogens is 1. The summed E-state index contributed by atoms with van der Waals surface area (Å²) in [6.45, 7) is 4.04. The van der Waals surface area contributed by atoms with Gasteiger partial charge in [0.15, 0.2) is 0 Å². The average molecular weight is 224 g/mol. The number of nitrogens with one attached hydrogen (secondary N) is 1. The van der Waals surface area contributed by atoms with Crippen LogP contribution in [0.2, 0.25) is 5.02 Å². The summed E-state index contributed by atoms with van der Waals surface area (Å²) in [6.07, 6.45) is 3.79. The van der Waals surface area contributed by atoms with Crippen molar-refractivity contribution in [3.63, 3.8) is 0 Å². The fourth-order valence-corrected chi connectivity index (χ4v) is 1.36. The molecule has 0 atom stereocenters. The van der Waals surface area contributed by atoms with Crippen molar-refractivity contribution in [3.8, 4) is 0 Å². The molecule has 15 heavy (non-hydrogen) atoms. The highest BCUT2D eigenvalue weighted by Gasteiger charge is 1.95. The molecule has 0 spiro atoms. The molecule has 1 rings (SSSR count). The number of amides is 1. The van der Waals surface area contributed by atoms with Crippen LogP contribution in [0.4, 0.5) is 0 Å². The zero-order valence-corrected chi connectivity index (χ0v) is 9.64. The molecule has 1 amide bonds. The second kappa shape index (κ2) is 5.56. The van der Waals surface area contributed by atoms with Crippen molar-refractivity contribution in [2.24, 2.45) is 0 Å². The number of hydrogen-bond acceptors (Lipinski definition) is 1. The molecule has 0 unspecified atom stereocenters. The summed E-state index contributed by atoms with van der Waals surface area (Å²) in [7, 11) is 0. The maximum atomic E-state index is 10.6. The Labute approximate surface area is 94.9 Å². The Morgan fingerprint density at radius 2 is 2.27 bits per heavy atom. The number of benzene rings is 1. The van der Waals surface area contributed by atoms with Crippen LogP contribution in [0, 0.1) is 6.92 Å². The van der Waals surface area contributed by atoms with E-state index >= 15 is 0 Å². The smallest absolute Gasteiger partial charge is 0.217 e. The second-order valence-corrected chi connectivity index (χ2v) is 3.77. The van der Waals surface area contributed by atoms with E-state index in [1.165, 1.54) is 12.5 Å². The predicted octanol–water partition coefficient (Wildman–Crippen LogP) is 2.80. The Kier molecular flexibility index (Phi) is 4.37. The van der Waals surface area contributed by atoms with Crippen LogP contribution in [0.3, 0.4) is 0 Å².